The van der Waals surface area contributed by atoms with Gasteiger partial charge in [0.1, 0.15) is 5.82 Å². The zero-order chi connectivity index (χ0) is 14.1. The van der Waals surface area contributed by atoms with Gasteiger partial charge in [0, 0.05) is 11.3 Å². The fraction of sp³-hybridized carbons (Fsp3) is 0. The summed E-state index contributed by atoms with van der Waals surface area (Å²) < 4.78 is 12.8. The predicted molar refractivity (Wildman–Crippen MR) is 74.9 cm³/mol. The molecule has 1 aromatic heterocycles. The van der Waals surface area contributed by atoms with E-state index in [-0.39, 0.29) is 11.7 Å². The topological polar surface area (TPSA) is 83.8 Å². The second-order valence-electron chi connectivity index (χ2n) is 4.32. The smallest absolute Gasteiger partial charge is 0.257 e. The van der Waals surface area contributed by atoms with Crippen LogP contribution >= 0.6 is 0 Å². The first-order chi connectivity index (χ1) is 9.61. The van der Waals surface area contributed by atoms with Crippen LogP contribution in [0, 0.1) is 5.82 Å². The average Bonchev–Trinajstić information content (AvgIpc) is 2.80. The van der Waals surface area contributed by atoms with Crippen LogP contribution in [-0.2, 0) is 0 Å². The Morgan fingerprint density at radius 1 is 1.20 bits per heavy atom. The first-order valence-corrected chi connectivity index (χ1v) is 5.94. The van der Waals surface area contributed by atoms with Crippen molar-refractivity contribution < 1.29 is 9.18 Å². The molecule has 100 valence electrons. The van der Waals surface area contributed by atoms with Gasteiger partial charge in [0.2, 0.25) is 5.95 Å². The molecule has 0 radical (unpaired) electrons. The molecule has 0 spiro atoms. The number of H-pyrrole nitrogens is 1. The Labute approximate surface area is 113 Å². The molecular weight excluding hydrogens is 259 g/mol. The minimum atomic E-state index is -0.388. The number of carbonyl (C=O) groups excluding carboxylic acids is 1. The molecule has 1 heterocycles. The van der Waals surface area contributed by atoms with Gasteiger partial charge in [-0.2, -0.15) is 0 Å². The second-order valence-corrected chi connectivity index (χ2v) is 4.32. The molecule has 20 heavy (non-hydrogen) atoms. The molecule has 0 bridgehead atoms. The van der Waals surface area contributed by atoms with Crippen LogP contribution in [0.5, 0.6) is 0 Å². The average molecular weight is 270 g/mol. The molecule has 0 unspecified atom stereocenters. The number of amides is 1. The van der Waals surface area contributed by atoms with Crippen molar-refractivity contribution in [3.05, 3.63) is 53.8 Å². The van der Waals surface area contributed by atoms with Crippen molar-refractivity contribution in [2.45, 2.75) is 0 Å². The van der Waals surface area contributed by atoms with Gasteiger partial charge < -0.3 is 10.7 Å². The molecule has 3 rings (SSSR count). The van der Waals surface area contributed by atoms with Crippen LogP contribution in [0.4, 0.5) is 16.0 Å². The van der Waals surface area contributed by atoms with Gasteiger partial charge in [0.25, 0.3) is 5.91 Å². The lowest BCUT2D eigenvalue weighted by Gasteiger charge is -2.01. The third kappa shape index (κ3) is 2.31. The Kier molecular flexibility index (Phi) is 2.83. The van der Waals surface area contributed by atoms with E-state index in [0.717, 1.165) is 5.52 Å². The molecule has 0 saturated heterocycles. The monoisotopic (exact) mass is 270 g/mol. The van der Waals surface area contributed by atoms with Crippen LogP contribution in [-0.4, -0.2) is 15.9 Å². The standard InChI is InChI=1S/C14H11FN4O/c15-9-3-1-8(2-4-9)13(20)19-14-17-11-6-5-10(16)7-12(11)18-14/h1-7H,16H2,(H2,17,18,19,20). The summed E-state index contributed by atoms with van der Waals surface area (Å²) in [6, 6.07) is 10.5. The van der Waals surface area contributed by atoms with Crippen LogP contribution < -0.4 is 11.1 Å². The van der Waals surface area contributed by atoms with Crippen molar-refractivity contribution in [2.75, 3.05) is 11.1 Å². The lowest BCUT2D eigenvalue weighted by atomic mass is 10.2. The van der Waals surface area contributed by atoms with E-state index in [1.807, 2.05) is 0 Å². The highest BCUT2D eigenvalue weighted by Gasteiger charge is 2.09. The number of hydrogen-bond donors (Lipinski definition) is 3. The van der Waals surface area contributed by atoms with E-state index < -0.39 is 0 Å². The van der Waals surface area contributed by atoms with E-state index in [2.05, 4.69) is 15.3 Å². The maximum Gasteiger partial charge on any atom is 0.257 e. The number of fused-ring (bicyclic) bond motifs is 1. The summed E-state index contributed by atoms with van der Waals surface area (Å²) in [6.45, 7) is 0. The summed E-state index contributed by atoms with van der Waals surface area (Å²) in [7, 11) is 0. The molecule has 0 aliphatic carbocycles. The molecule has 6 heteroatoms. The third-order valence-electron chi connectivity index (χ3n) is 2.84. The van der Waals surface area contributed by atoms with E-state index in [1.54, 1.807) is 18.2 Å². The first kappa shape index (κ1) is 12.2. The number of rotatable bonds is 2. The summed E-state index contributed by atoms with van der Waals surface area (Å²) in [6.07, 6.45) is 0. The van der Waals surface area contributed by atoms with Crippen LogP contribution in [0.3, 0.4) is 0 Å². The number of carbonyl (C=O) groups is 1. The van der Waals surface area contributed by atoms with E-state index in [0.29, 0.717) is 22.7 Å². The molecule has 0 atom stereocenters. The van der Waals surface area contributed by atoms with Gasteiger partial charge in [-0.05, 0) is 42.5 Å². The molecule has 0 fully saturated rings. The number of nitrogen functional groups attached to an aromatic ring is 1. The predicted octanol–water partition coefficient (Wildman–Crippen LogP) is 2.54. The summed E-state index contributed by atoms with van der Waals surface area (Å²) >= 11 is 0. The molecule has 3 aromatic rings. The Hall–Kier alpha value is -2.89. The number of aromatic nitrogens is 2. The van der Waals surface area contributed by atoms with Crippen LogP contribution in [0.15, 0.2) is 42.5 Å². The SMILES string of the molecule is Nc1ccc2nc(NC(=O)c3ccc(F)cc3)[nH]c2c1. The number of aromatic amines is 1. The zero-order valence-electron chi connectivity index (χ0n) is 10.4. The number of nitrogens with two attached hydrogens (primary N) is 1. The van der Waals surface area contributed by atoms with Gasteiger partial charge in [-0.1, -0.05) is 0 Å². The van der Waals surface area contributed by atoms with Crippen molar-refractivity contribution in [2.24, 2.45) is 0 Å². The van der Waals surface area contributed by atoms with Gasteiger partial charge in [0.05, 0.1) is 11.0 Å². The summed E-state index contributed by atoms with van der Waals surface area (Å²) in [4.78, 5) is 19.1. The highest BCUT2D eigenvalue weighted by molar-refractivity contribution is 6.03. The molecule has 0 saturated carbocycles. The van der Waals surface area contributed by atoms with Crippen molar-refractivity contribution in [1.82, 2.24) is 9.97 Å². The van der Waals surface area contributed by atoms with Gasteiger partial charge in [-0.25, -0.2) is 9.37 Å². The fourth-order valence-electron chi connectivity index (χ4n) is 1.87. The number of hydrogen-bond acceptors (Lipinski definition) is 3. The highest BCUT2D eigenvalue weighted by atomic mass is 19.1. The lowest BCUT2D eigenvalue weighted by molar-refractivity contribution is 0.102. The van der Waals surface area contributed by atoms with Crippen molar-refractivity contribution in [3.63, 3.8) is 0 Å². The largest absolute Gasteiger partial charge is 0.399 e. The van der Waals surface area contributed by atoms with E-state index in [4.69, 9.17) is 5.73 Å². The van der Waals surface area contributed by atoms with E-state index >= 15 is 0 Å². The van der Waals surface area contributed by atoms with E-state index in [9.17, 15) is 9.18 Å². The molecule has 0 aliphatic rings. The van der Waals surface area contributed by atoms with Crippen molar-refractivity contribution in [3.8, 4) is 0 Å². The molecule has 2 aromatic carbocycles. The van der Waals surface area contributed by atoms with Gasteiger partial charge >= 0.3 is 0 Å². The molecule has 4 N–H and O–H groups in total. The summed E-state index contributed by atoms with van der Waals surface area (Å²) in [5, 5.41) is 2.62. The van der Waals surface area contributed by atoms with Gasteiger partial charge in [-0.3, -0.25) is 10.1 Å². The molecular formula is C14H11FN4O. The molecule has 1 amide bonds. The van der Waals surface area contributed by atoms with Crippen molar-refractivity contribution in [1.29, 1.82) is 0 Å². The van der Waals surface area contributed by atoms with Crippen LogP contribution in [0.1, 0.15) is 10.4 Å². The normalized spacial score (nSPS) is 10.7. The van der Waals surface area contributed by atoms with Gasteiger partial charge in [-0.15, -0.1) is 0 Å². The van der Waals surface area contributed by atoms with Crippen LogP contribution in [0.2, 0.25) is 0 Å². The number of nitrogens with one attached hydrogen (secondary N) is 2. The summed E-state index contributed by atoms with van der Waals surface area (Å²) in [5.74, 6) is -0.433. The number of nitrogens with zero attached hydrogens (tertiary/aromatic N) is 1. The second kappa shape index (κ2) is 4.65. The Balaban J connectivity index is 1.85. The number of imidazole rings is 1. The lowest BCUT2D eigenvalue weighted by Crippen LogP contribution is -2.12. The van der Waals surface area contributed by atoms with Crippen LogP contribution in [0.25, 0.3) is 11.0 Å². The highest BCUT2D eigenvalue weighted by Crippen LogP contribution is 2.17. The van der Waals surface area contributed by atoms with Gasteiger partial charge in [0.15, 0.2) is 0 Å². The number of halogens is 1. The Morgan fingerprint density at radius 2 is 1.95 bits per heavy atom. The quantitative estimate of drug-likeness (QED) is 0.626. The summed E-state index contributed by atoms with van der Waals surface area (Å²) in [5.41, 5.74) is 8.07. The van der Waals surface area contributed by atoms with E-state index in [1.165, 1.54) is 24.3 Å². The third-order valence-corrected chi connectivity index (χ3v) is 2.84. The Bertz CT molecular complexity index is 779. The number of anilines is 2. The fourth-order valence-corrected chi connectivity index (χ4v) is 1.87. The maximum absolute atomic E-state index is 12.8. The minimum Gasteiger partial charge on any atom is -0.399 e. The Morgan fingerprint density at radius 3 is 2.70 bits per heavy atom. The minimum absolute atomic E-state index is 0.319. The first-order valence-electron chi connectivity index (χ1n) is 5.94. The molecule has 0 aliphatic heterocycles. The molecule has 5 nitrogen and oxygen atoms in total. The number of benzene rings is 2. The maximum atomic E-state index is 12.8. The van der Waals surface area contributed by atoms with Crippen molar-refractivity contribution >= 4 is 28.6 Å². The zero-order valence-corrected chi connectivity index (χ0v) is 10.4.